The predicted octanol–water partition coefficient (Wildman–Crippen LogP) is -6.65. The molecule has 4 rings (SSSR count). The monoisotopic (exact) mass is 1850 g/mol. The number of amides is 16. The average molecular weight is 1850 g/mol. The van der Waals surface area contributed by atoms with Crippen molar-refractivity contribution in [1.82, 2.24) is 84.7 Å². The molecule has 1 aliphatic heterocycles. The number of carbonyl (C=O) groups is 19. The number of nitrogens with zero attached hydrogens (tertiary/aromatic N) is 1. The van der Waals surface area contributed by atoms with Crippen LogP contribution < -0.4 is 85.5 Å². The third kappa shape index (κ3) is 38.3. The summed E-state index contributed by atoms with van der Waals surface area (Å²) in [6.45, 7) is 9.94. The molecule has 724 valence electrons. The van der Waals surface area contributed by atoms with Crippen molar-refractivity contribution >= 4 is 112 Å². The number of phenols is 2. The van der Waals surface area contributed by atoms with Crippen molar-refractivity contribution in [2.45, 2.75) is 230 Å². The van der Waals surface area contributed by atoms with E-state index >= 15 is 0 Å². The number of morpholine rings is 1. The Labute approximate surface area is 755 Å². The van der Waals surface area contributed by atoms with Crippen LogP contribution in [0.25, 0.3) is 0 Å². The highest BCUT2D eigenvalue weighted by atomic mass is 16.5. The second-order valence-corrected chi connectivity index (χ2v) is 32.7. The van der Waals surface area contributed by atoms with Gasteiger partial charge in [-0.15, -0.1) is 0 Å². The van der Waals surface area contributed by atoms with Gasteiger partial charge in [-0.1, -0.05) is 95.1 Å². The van der Waals surface area contributed by atoms with Gasteiger partial charge >= 0.3 is 17.9 Å². The van der Waals surface area contributed by atoms with E-state index in [1.807, 2.05) is 0 Å². The Morgan fingerprint density at radius 1 is 0.450 bits per heavy atom. The number of benzene rings is 3. The molecule has 131 heavy (non-hydrogen) atoms. The molecule has 0 radical (unpaired) electrons. The van der Waals surface area contributed by atoms with Gasteiger partial charge in [-0.25, -0.2) is 0 Å². The number of carboxylic acid groups (broad SMARTS) is 3. The van der Waals surface area contributed by atoms with E-state index in [9.17, 15) is 137 Å². The molecule has 0 saturated carbocycles. The van der Waals surface area contributed by atoms with E-state index in [1.54, 1.807) is 45.9 Å². The van der Waals surface area contributed by atoms with E-state index in [1.165, 1.54) is 86.3 Å². The number of aromatic hydroxyl groups is 2. The summed E-state index contributed by atoms with van der Waals surface area (Å²) in [5.74, 6) is -23.9. The zero-order valence-electron chi connectivity index (χ0n) is 74.4. The van der Waals surface area contributed by atoms with Gasteiger partial charge in [0, 0.05) is 51.4 Å². The van der Waals surface area contributed by atoms with Gasteiger partial charge in [-0.3, -0.25) is 91.1 Å². The van der Waals surface area contributed by atoms with E-state index in [0.717, 1.165) is 13.8 Å². The van der Waals surface area contributed by atoms with E-state index < -0.39 is 267 Å². The molecule has 3 aromatic carbocycles. The van der Waals surface area contributed by atoms with Gasteiger partial charge in [0.1, 0.15) is 96.0 Å². The van der Waals surface area contributed by atoms with Crippen LogP contribution in [-0.4, -0.2) is 313 Å². The van der Waals surface area contributed by atoms with Crippen LogP contribution in [0.1, 0.15) is 137 Å². The molecular weight excluding hydrogens is 1720 g/mol. The number of nitrogens with two attached hydrogens (primary N) is 1. The number of rotatable bonds is 57. The van der Waals surface area contributed by atoms with Crippen LogP contribution in [0.3, 0.4) is 0 Å². The molecule has 1 aliphatic rings. The van der Waals surface area contributed by atoms with E-state index in [0.29, 0.717) is 36.9 Å². The topological polar surface area (TPSA) is 725 Å². The van der Waals surface area contributed by atoms with Gasteiger partial charge in [0.05, 0.1) is 51.4 Å². The maximum Gasteiger partial charge on any atom is 0.305 e. The second kappa shape index (κ2) is 55.1. The van der Waals surface area contributed by atoms with E-state index in [2.05, 4.69) is 79.8 Å². The summed E-state index contributed by atoms with van der Waals surface area (Å²) < 4.78 is 5.09. The number of aliphatic carboxylic acids is 3. The maximum absolute atomic E-state index is 14.7. The number of ether oxygens (including phenoxy) is 1. The number of carboxylic acids is 3. The quantitative estimate of drug-likeness (QED) is 0.0185. The van der Waals surface area contributed by atoms with Gasteiger partial charge < -0.3 is 141 Å². The van der Waals surface area contributed by atoms with Crippen LogP contribution >= 0.6 is 0 Å². The Bertz CT molecular complexity index is 4410. The fraction of sp³-hybridized carbons (Fsp3) is 0.565. The van der Waals surface area contributed by atoms with Crippen LogP contribution in [0.4, 0.5) is 0 Å². The second-order valence-electron chi connectivity index (χ2n) is 32.7. The number of carbonyl (C=O) groups excluding carboxylic acids is 16. The predicted molar refractivity (Wildman–Crippen MR) is 462 cm³/mol. The summed E-state index contributed by atoms with van der Waals surface area (Å²) in [7, 11) is 0. The molecule has 1 heterocycles. The fourth-order valence-electron chi connectivity index (χ4n) is 13.1. The molecule has 3 aromatic rings. The Hall–Kier alpha value is -13.0. The summed E-state index contributed by atoms with van der Waals surface area (Å²) in [6, 6.07) is -4.50. The number of hydrogen-bond acceptors (Lipinski definition) is 27. The van der Waals surface area contributed by atoms with Crippen molar-refractivity contribution in [3.63, 3.8) is 0 Å². The molecule has 0 aromatic heterocycles. The maximum atomic E-state index is 14.7. The molecule has 16 atom stereocenters. The van der Waals surface area contributed by atoms with Crippen LogP contribution in [-0.2, 0) is 115 Å². The van der Waals surface area contributed by atoms with E-state index in [4.69, 9.17) is 10.5 Å². The lowest BCUT2D eigenvalue weighted by Crippen LogP contribution is -2.63. The lowest BCUT2D eigenvalue weighted by Gasteiger charge is -2.30. The van der Waals surface area contributed by atoms with Crippen molar-refractivity contribution in [3.8, 4) is 11.5 Å². The van der Waals surface area contributed by atoms with Crippen molar-refractivity contribution in [2.75, 3.05) is 59.2 Å². The Morgan fingerprint density at radius 3 is 1.33 bits per heavy atom. The number of aliphatic hydroxyl groups excluding tert-OH is 4. The van der Waals surface area contributed by atoms with Crippen LogP contribution in [0.15, 0.2) is 78.9 Å². The smallest absolute Gasteiger partial charge is 0.305 e. The van der Waals surface area contributed by atoms with Gasteiger partial charge in [-0.05, 0) is 120 Å². The number of phenolic OH excluding ortho intramolecular Hbond substituents is 2. The first-order valence-electron chi connectivity index (χ1n) is 42.6. The third-order valence-corrected chi connectivity index (χ3v) is 20.9. The average Bonchev–Trinajstić information content (AvgIpc) is 0.837. The normalized spacial score (nSPS) is 15.7. The molecule has 0 spiro atoms. The fourth-order valence-corrected chi connectivity index (χ4v) is 13.1. The molecule has 0 aliphatic carbocycles. The Kier molecular flexibility index (Phi) is 46.4. The standard InChI is InChI=1S/C85H125N17O29/c1-10-45(4)68(80(126)94-57(37-51-21-25-53(108)26-22-51)74(120)90-55(34-44(2)3)73(119)92-59(38-66(113)114)72(118)89-46(5)16-14-15-29-86)100-79(125)62(42-104)96-75(121)56(36-50-19-23-52(107)24-20-50)91-76(122)60(39-67(115)116)93-78(124)61(41-103)97-82(128)70(48(7)106)101-77(123)58(35-49-17-12-11-13-18-49)95-81(127)69(47(6)105)99-63(109)40-88-71(117)54(27-28-65(111)112)98-84(130)85(8,9)83(129)87-30-31-102-32-33-131-43-64(102)110/h11-13,17-26,44-48,54-62,68-70,103-108H,10,14-16,27-43,86H2,1-9H3,(H,87,129)(H,88,117)(H,89,118)(H,90,120)(H,91,122)(H,92,119)(H,93,124)(H,94,126)(H,95,127)(H,96,121)(H,97,128)(H,98,130)(H,99,109)(H,100,125)(H,101,123)(H,111,112)(H,113,114)(H,115,116)/t45-,46+,47+,48+,54-,55-,56-,57-,58-,59-,60-,61-,62-,68-,69-,70-/m0/s1. The molecule has 0 unspecified atom stereocenters. The van der Waals surface area contributed by atoms with Gasteiger partial charge in [0.2, 0.25) is 94.5 Å². The minimum Gasteiger partial charge on any atom is -0.508 e. The van der Waals surface area contributed by atoms with Crippen molar-refractivity contribution in [2.24, 2.45) is 23.0 Å². The van der Waals surface area contributed by atoms with Crippen molar-refractivity contribution in [1.29, 1.82) is 0 Å². The molecular formula is C85H125N17O29. The molecule has 16 amide bonds. The van der Waals surface area contributed by atoms with Crippen molar-refractivity contribution < 1.29 is 142 Å². The first kappa shape index (κ1) is 110. The molecule has 1 fully saturated rings. The third-order valence-electron chi connectivity index (χ3n) is 20.9. The SMILES string of the molecule is CC[C@H](C)[C@H](NC(=O)[C@H](CO)NC(=O)[C@H](Cc1ccc(O)cc1)NC(=O)[C@H](CC(=O)O)NC(=O)[C@H](CO)NC(=O)[C@@H](NC(=O)[C@H](Cc1ccccc1)NC(=O)[C@@H](NC(=O)CNC(=O)[C@H](CCC(=O)O)NC(=O)C(C)(C)C(=O)NCCN1CCOCC1=O)[C@@H](C)O)[C@@H](C)O)C(=O)N[C@@H](Cc1ccc(O)cc1)C(=O)N[C@@H](CC(C)C)C(=O)N[C@@H](CC(=O)O)C(=O)N[C@H](C)CCCCN. The van der Waals surface area contributed by atoms with Crippen LogP contribution in [0.5, 0.6) is 11.5 Å². The van der Waals surface area contributed by atoms with Crippen LogP contribution in [0, 0.1) is 17.3 Å². The van der Waals surface area contributed by atoms with Gasteiger partial charge in [0.25, 0.3) is 0 Å². The highest BCUT2D eigenvalue weighted by Crippen LogP contribution is 2.20. The van der Waals surface area contributed by atoms with Gasteiger partial charge in [0.15, 0.2) is 0 Å². The van der Waals surface area contributed by atoms with E-state index in [-0.39, 0.29) is 81.0 Å². The number of unbranched alkanes of at least 4 members (excludes halogenated alkanes) is 1. The highest BCUT2D eigenvalue weighted by Gasteiger charge is 2.42. The summed E-state index contributed by atoms with van der Waals surface area (Å²) in [4.78, 5) is 261. The summed E-state index contributed by atoms with van der Waals surface area (Å²) in [5, 5.41) is 128. The lowest BCUT2D eigenvalue weighted by molar-refractivity contribution is -0.145. The lowest BCUT2D eigenvalue weighted by atomic mass is 9.90. The van der Waals surface area contributed by atoms with Crippen molar-refractivity contribution in [3.05, 3.63) is 95.6 Å². The Balaban J connectivity index is 1.55. The zero-order chi connectivity index (χ0) is 98.1. The minimum absolute atomic E-state index is 0.0698. The largest absolute Gasteiger partial charge is 0.508 e. The molecule has 46 nitrogen and oxygen atoms in total. The van der Waals surface area contributed by atoms with Gasteiger partial charge in [-0.2, -0.15) is 0 Å². The summed E-state index contributed by atoms with van der Waals surface area (Å²) >= 11 is 0. The van der Waals surface area contributed by atoms with Crippen LogP contribution in [0.2, 0.25) is 0 Å². The highest BCUT2D eigenvalue weighted by molar-refractivity contribution is 6.06. The number of aliphatic hydroxyl groups is 4. The molecule has 26 N–H and O–H groups in total. The molecule has 46 heteroatoms. The minimum atomic E-state index is -2.23. The molecule has 0 bridgehead atoms. The number of nitrogens with one attached hydrogen (secondary N) is 15. The zero-order valence-corrected chi connectivity index (χ0v) is 74.4. The molecule has 1 saturated heterocycles. The number of hydrogen-bond donors (Lipinski definition) is 25. The first-order valence-corrected chi connectivity index (χ1v) is 42.6. The Morgan fingerprint density at radius 2 is 0.863 bits per heavy atom. The summed E-state index contributed by atoms with van der Waals surface area (Å²) in [6.07, 6.45) is -6.56. The first-order chi connectivity index (χ1) is 61.7. The summed E-state index contributed by atoms with van der Waals surface area (Å²) in [5.41, 5.74) is 4.59.